The topological polar surface area (TPSA) is 79.2 Å². The molecule has 2 amide bonds. The number of hydrogen-bond donors (Lipinski definition) is 3. The molecule has 0 aliphatic heterocycles. The number of amides is 2. The number of carbonyl (C=O) groups excluding carboxylic acids is 1. The van der Waals surface area contributed by atoms with E-state index in [1.54, 1.807) is 0 Å². The minimum atomic E-state index is -0.701. The summed E-state index contributed by atoms with van der Waals surface area (Å²) in [5.41, 5.74) is 1.40. The first-order valence-electron chi connectivity index (χ1n) is 8.30. The van der Waals surface area contributed by atoms with E-state index in [0.29, 0.717) is 13.1 Å². The molecule has 6 heteroatoms. The summed E-state index contributed by atoms with van der Waals surface area (Å²) in [6.07, 6.45) is 6.30. The molecule has 1 fully saturated rings. The lowest BCUT2D eigenvalue weighted by Gasteiger charge is -2.22. The number of fused-ring (bicyclic) bond motifs is 1. The van der Waals surface area contributed by atoms with Crippen molar-refractivity contribution in [1.82, 2.24) is 20.2 Å². The summed E-state index contributed by atoms with van der Waals surface area (Å²) in [6.45, 7) is 1.74. The fourth-order valence-electron chi connectivity index (χ4n) is 3.16. The number of urea groups is 1. The molecule has 1 saturated carbocycles. The van der Waals surface area contributed by atoms with Crippen molar-refractivity contribution in [2.45, 2.75) is 44.2 Å². The second kappa shape index (κ2) is 7.00. The van der Waals surface area contributed by atoms with Crippen LogP contribution >= 0.6 is 0 Å². The average Bonchev–Trinajstić information content (AvgIpc) is 3.17. The van der Waals surface area contributed by atoms with Gasteiger partial charge in [0.15, 0.2) is 0 Å². The Labute approximate surface area is 135 Å². The number of aliphatic hydroxyl groups is 1. The maximum Gasteiger partial charge on any atom is 0.314 e. The van der Waals surface area contributed by atoms with Crippen molar-refractivity contribution in [3.8, 4) is 0 Å². The molecule has 23 heavy (non-hydrogen) atoms. The Morgan fingerprint density at radius 2 is 2.04 bits per heavy atom. The Morgan fingerprint density at radius 1 is 1.26 bits per heavy atom. The maximum atomic E-state index is 11.8. The van der Waals surface area contributed by atoms with Crippen LogP contribution in [-0.2, 0) is 6.54 Å². The van der Waals surface area contributed by atoms with Crippen LogP contribution in [0.2, 0.25) is 0 Å². The zero-order valence-corrected chi connectivity index (χ0v) is 13.3. The number of nitrogens with zero attached hydrogens (tertiary/aromatic N) is 2. The van der Waals surface area contributed by atoms with Crippen LogP contribution in [0.4, 0.5) is 4.79 Å². The minimum Gasteiger partial charge on any atom is -0.388 e. The van der Waals surface area contributed by atoms with Gasteiger partial charge in [-0.15, -0.1) is 0 Å². The number of benzene rings is 1. The van der Waals surface area contributed by atoms with E-state index in [4.69, 9.17) is 0 Å². The molecule has 0 saturated heterocycles. The van der Waals surface area contributed by atoms with E-state index < -0.39 is 5.60 Å². The van der Waals surface area contributed by atoms with Crippen LogP contribution in [-0.4, -0.2) is 39.4 Å². The molecule has 0 spiro atoms. The number of aromatic nitrogens is 2. The van der Waals surface area contributed by atoms with Gasteiger partial charge in [-0.3, -0.25) is 0 Å². The van der Waals surface area contributed by atoms with Gasteiger partial charge in [0, 0.05) is 19.6 Å². The number of nitrogens with one attached hydrogen (secondary N) is 2. The van der Waals surface area contributed by atoms with Crippen LogP contribution < -0.4 is 10.6 Å². The molecule has 3 rings (SSSR count). The van der Waals surface area contributed by atoms with Gasteiger partial charge in [-0.25, -0.2) is 9.78 Å². The van der Waals surface area contributed by atoms with Gasteiger partial charge < -0.3 is 20.3 Å². The Bertz CT molecular complexity index is 661. The Hall–Kier alpha value is -2.08. The zero-order valence-electron chi connectivity index (χ0n) is 13.3. The minimum absolute atomic E-state index is 0.208. The monoisotopic (exact) mass is 316 g/mol. The molecule has 2 aromatic rings. The summed E-state index contributed by atoms with van der Waals surface area (Å²) in [5.74, 6) is 0. The Balaban J connectivity index is 1.37. The molecule has 1 aromatic heterocycles. The number of para-hydroxylation sites is 2. The zero-order chi connectivity index (χ0) is 16.1. The van der Waals surface area contributed by atoms with Gasteiger partial charge in [0.2, 0.25) is 0 Å². The van der Waals surface area contributed by atoms with Gasteiger partial charge in [0.25, 0.3) is 0 Å². The molecule has 1 aromatic carbocycles. The van der Waals surface area contributed by atoms with Crippen molar-refractivity contribution < 1.29 is 9.90 Å². The van der Waals surface area contributed by atoms with E-state index >= 15 is 0 Å². The van der Waals surface area contributed by atoms with E-state index in [1.165, 1.54) is 0 Å². The number of carbonyl (C=O) groups is 1. The second-order valence-electron chi connectivity index (χ2n) is 6.32. The van der Waals surface area contributed by atoms with Crippen LogP contribution in [0.3, 0.4) is 0 Å². The molecule has 0 unspecified atom stereocenters. The summed E-state index contributed by atoms with van der Waals surface area (Å²) in [5, 5.41) is 15.8. The summed E-state index contributed by atoms with van der Waals surface area (Å²) in [7, 11) is 0. The predicted molar refractivity (Wildman–Crippen MR) is 89.2 cm³/mol. The molecule has 3 N–H and O–H groups in total. The SMILES string of the molecule is O=C(NCCCn1cnc2ccccc21)NCC1(O)CCCC1. The van der Waals surface area contributed by atoms with Crippen molar-refractivity contribution in [3.05, 3.63) is 30.6 Å². The van der Waals surface area contributed by atoms with Crippen molar-refractivity contribution in [2.24, 2.45) is 0 Å². The van der Waals surface area contributed by atoms with Gasteiger partial charge in [-0.2, -0.15) is 0 Å². The smallest absolute Gasteiger partial charge is 0.314 e. The van der Waals surface area contributed by atoms with Gasteiger partial charge in [0.1, 0.15) is 0 Å². The van der Waals surface area contributed by atoms with Crippen LogP contribution in [0.25, 0.3) is 11.0 Å². The van der Waals surface area contributed by atoms with Gasteiger partial charge in [-0.1, -0.05) is 25.0 Å². The highest BCUT2D eigenvalue weighted by Crippen LogP contribution is 2.28. The first-order chi connectivity index (χ1) is 11.2. The van der Waals surface area contributed by atoms with E-state index in [2.05, 4.69) is 20.2 Å². The van der Waals surface area contributed by atoms with Crippen LogP contribution in [0.5, 0.6) is 0 Å². The average molecular weight is 316 g/mol. The molecule has 0 radical (unpaired) electrons. The lowest BCUT2D eigenvalue weighted by Crippen LogP contribution is -2.45. The van der Waals surface area contributed by atoms with E-state index in [1.807, 2.05) is 30.6 Å². The van der Waals surface area contributed by atoms with E-state index in [9.17, 15) is 9.90 Å². The molecule has 6 nitrogen and oxygen atoms in total. The van der Waals surface area contributed by atoms with Crippen LogP contribution in [0, 0.1) is 0 Å². The first kappa shape index (κ1) is 15.8. The van der Waals surface area contributed by atoms with Crippen molar-refractivity contribution >= 4 is 17.1 Å². The molecule has 124 valence electrons. The maximum absolute atomic E-state index is 11.8. The fraction of sp³-hybridized carbons (Fsp3) is 0.529. The quantitative estimate of drug-likeness (QED) is 0.714. The summed E-state index contributed by atoms with van der Waals surface area (Å²) < 4.78 is 2.09. The van der Waals surface area contributed by atoms with E-state index in [0.717, 1.165) is 49.7 Å². The second-order valence-corrected chi connectivity index (χ2v) is 6.32. The summed E-state index contributed by atoms with van der Waals surface area (Å²) >= 11 is 0. The predicted octanol–water partition coefficient (Wildman–Crippen LogP) is 2.03. The number of rotatable bonds is 6. The molecule has 1 heterocycles. The van der Waals surface area contributed by atoms with Crippen molar-refractivity contribution in [2.75, 3.05) is 13.1 Å². The van der Waals surface area contributed by atoms with E-state index in [-0.39, 0.29) is 6.03 Å². The Kier molecular flexibility index (Phi) is 4.81. The molecular formula is C17H24N4O2. The van der Waals surface area contributed by atoms with Gasteiger partial charge in [0.05, 0.1) is 23.0 Å². The number of hydrogen-bond acceptors (Lipinski definition) is 3. The van der Waals surface area contributed by atoms with Gasteiger partial charge in [-0.05, 0) is 31.4 Å². The van der Waals surface area contributed by atoms with Crippen LogP contribution in [0.1, 0.15) is 32.1 Å². The third-order valence-corrected chi connectivity index (χ3v) is 4.50. The number of imidazole rings is 1. The summed E-state index contributed by atoms with van der Waals surface area (Å²) in [6, 6.07) is 7.81. The lowest BCUT2D eigenvalue weighted by atomic mass is 10.0. The fourth-order valence-corrected chi connectivity index (χ4v) is 3.16. The lowest BCUT2D eigenvalue weighted by molar-refractivity contribution is 0.0501. The molecule has 1 aliphatic carbocycles. The Morgan fingerprint density at radius 3 is 2.87 bits per heavy atom. The van der Waals surface area contributed by atoms with Crippen molar-refractivity contribution in [3.63, 3.8) is 0 Å². The number of aryl methyl sites for hydroxylation is 1. The standard InChI is InChI=1S/C17H24N4O2/c22-16(19-12-17(23)8-3-4-9-17)18-10-5-11-21-13-20-14-6-1-2-7-15(14)21/h1-2,6-7,13,23H,3-5,8-12H2,(H2,18,19,22). The molecule has 1 aliphatic rings. The summed E-state index contributed by atoms with van der Waals surface area (Å²) in [4.78, 5) is 16.1. The highest BCUT2D eigenvalue weighted by atomic mass is 16.3. The largest absolute Gasteiger partial charge is 0.388 e. The third-order valence-electron chi connectivity index (χ3n) is 4.50. The molecular weight excluding hydrogens is 292 g/mol. The van der Waals surface area contributed by atoms with Crippen molar-refractivity contribution in [1.29, 1.82) is 0 Å². The first-order valence-corrected chi connectivity index (χ1v) is 8.30. The third kappa shape index (κ3) is 4.01. The molecule has 0 atom stereocenters. The highest BCUT2D eigenvalue weighted by molar-refractivity contribution is 5.75. The van der Waals surface area contributed by atoms with Crippen LogP contribution in [0.15, 0.2) is 30.6 Å². The normalized spacial score (nSPS) is 16.6. The highest BCUT2D eigenvalue weighted by Gasteiger charge is 2.31. The van der Waals surface area contributed by atoms with Gasteiger partial charge >= 0.3 is 6.03 Å². The molecule has 0 bridgehead atoms.